The van der Waals surface area contributed by atoms with E-state index in [1.165, 1.54) is 24.2 Å². The Morgan fingerprint density at radius 1 is 1.56 bits per heavy atom. The maximum absolute atomic E-state index is 11.9. The summed E-state index contributed by atoms with van der Waals surface area (Å²) < 4.78 is 0. The van der Waals surface area contributed by atoms with Gasteiger partial charge < -0.3 is 16.4 Å². The molecule has 2 aliphatic rings. The van der Waals surface area contributed by atoms with Crippen molar-refractivity contribution in [1.29, 1.82) is 0 Å². The number of nitrogen functional groups attached to an aromatic ring is 1. The van der Waals surface area contributed by atoms with Crippen molar-refractivity contribution in [3.63, 3.8) is 0 Å². The quantitative estimate of drug-likeness (QED) is 0.766. The SMILES string of the molecule is CCC1CC1Nc1cc(N)c(C(=O)NC2CC2)s1. The van der Waals surface area contributed by atoms with Crippen molar-refractivity contribution in [3.05, 3.63) is 10.9 Å². The zero-order valence-electron chi connectivity index (χ0n) is 10.5. The first-order chi connectivity index (χ1) is 8.67. The average Bonchev–Trinajstić information content (AvgIpc) is 3.22. The van der Waals surface area contributed by atoms with E-state index in [1.807, 2.05) is 6.07 Å². The number of thiophene rings is 1. The van der Waals surface area contributed by atoms with Crippen molar-refractivity contribution < 1.29 is 4.79 Å². The zero-order chi connectivity index (χ0) is 12.7. The smallest absolute Gasteiger partial charge is 0.263 e. The monoisotopic (exact) mass is 265 g/mol. The second-order valence-electron chi connectivity index (χ2n) is 5.30. The van der Waals surface area contributed by atoms with Crippen LogP contribution in [0.4, 0.5) is 10.7 Å². The standard InChI is InChI=1S/C13H19N3OS/c1-2-7-5-10(7)16-11-6-9(14)12(18-11)13(17)15-8-3-4-8/h6-8,10,16H,2-5,14H2,1H3,(H,15,17). The van der Waals surface area contributed by atoms with Crippen LogP contribution in [0.2, 0.25) is 0 Å². The molecule has 1 aromatic heterocycles. The van der Waals surface area contributed by atoms with Crippen LogP contribution < -0.4 is 16.4 Å². The molecule has 2 atom stereocenters. The molecule has 0 aliphatic heterocycles. The summed E-state index contributed by atoms with van der Waals surface area (Å²) in [6.45, 7) is 2.21. The molecular formula is C13H19N3OS. The van der Waals surface area contributed by atoms with Gasteiger partial charge in [-0.2, -0.15) is 0 Å². The van der Waals surface area contributed by atoms with Crippen LogP contribution in [-0.4, -0.2) is 18.0 Å². The molecule has 5 heteroatoms. The summed E-state index contributed by atoms with van der Waals surface area (Å²) in [4.78, 5) is 12.6. The number of hydrogen-bond acceptors (Lipinski definition) is 4. The summed E-state index contributed by atoms with van der Waals surface area (Å²) in [7, 11) is 0. The number of nitrogens with one attached hydrogen (secondary N) is 2. The normalized spacial score (nSPS) is 25.8. The molecule has 2 aliphatic carbocycles. The summed E-state index contributed by atoms with van der Waals surface area (Å²) in [6.07, 6.45) is 4.65. The van der Waals surface area contributed by atoms with E-state index in [1.54, 1.807) is 0 Å². The van der Waals surface area contributed by atoms with Crippen molar-refractivity contribution in [3.8, 4) is 0 Å². The van der Waals surface area contributed by atoms with Crippen LogP contribution in [0.3, 0.4) is 0 Å². The molecule has 0 aromatic carbocycles. The van der Waals surface area contributed by atoms with Crippen molar-refractivity contribution in [2.24, 2.45) is 5.92 Å². The van der Waals surface area contributed by atoms with E-state index in [2.05, 4.69) is 17.6 Å². The molecule has 18 heavy (non-hydrogen) atoms. The lowest BCUT2D eigenvalue weighted by atomic mass is 10.3. The van der Waals surface area contributed by atoms with Crippen LogP contribution in [0.25, 0.3) is 0 Å². The van der Waals surface area contributed by atoms with Gasteiger partial charge in [-0.3, -0.25) is 4.79 Å². The molecule has 2 saturated carbocycles. The highest BCUT2D eigenvalue weighted by atomic mass is 32.1. The third-order valence-corrected chi connectivity index (χ3v) is 4.74. The predicted molar refractivity (Wildman–Crippen MR) is 75.0 cm³/mol. The van der Waals surface area contributed by atoms with E-state index in [4.69, 9.17) is 5.73 Å². The summed E-state index contributed by atoms with van der Waals surface area (Å²) in [5.74, 6) is 0.771. The number of carbonyl (C=O) groups is 1. The highest BCUT2D eigenvalue weighted by molar-refractivity contribution is 7.18. The van der Waals surface area contributed by atoms with E-state index in [-0.39, 0.29) is 5.91 Å². The van der Waals surface area contributed by atoms with Crippen molar-refractivity contribution in [2.75, 3.05) is 11.1 Å². The Hall–Kier alpha value is -1.23. The maximum Gasteiger partial charge on any atom is 0.263 e. The molecule has 1 heterocycles. The summed E-state index contributed by atoms with van der Waals surface area (Å²) >= 11 is 1.47. The summed E-state index contributed by atoms with van der Waals surface area (Å²) in [5, 5.41) is 7.46. The molecule has 98 valence electrons. The molecule has 3 rings (SSSR count). The van der Waals surface area contributed by atoms with Gasteiger partial charge in [0.25, 0.3) is 5.91 Å². The first kappa shape index (κ1) is 11.8. The van der Waals surface area contributed by atoms with Crippen LogP contribution >= 0.6 is 11.3 Å². The van der Waals surface area contributed by atoms with E-state index in [0.717, 1.165) is 23.8 Å². The number of rotatable bonds is 5. The van der Waals surface area contributed by atoms with Crippen LogP contribution in [-0.2, 0) is 0 Å². The summed E-state index contributed by atoms with van der Waals surface area (Å²) in [5.41, 5.74) is 6.50. The van der Waals surface area contributed by atoms with Gasteiger partial charge in [0.1, 0.15) is 4.88 Å². The predicted octanol–water partition coefficient (Wildman–Crippen LogP) is 2.43. The van der Waals surface area contributed by atoms with Crippen LogP contribution in [0.15, 0.2) is 6.07 Å². The minimum absolute atomic E-state index is 0.0177. The maximum atomic E-state index is 11.9. The number of anilines is 2. The van der Waals surface area contributed by atoms with Gasteiger partial charge in [0.2, 0.25) is 0 Å². The van der Waals surface area contributed by atoms with Gasteiger partial charge in [-0.25, -0.2) is 0 Å². The zero-order valence-corrected chi connectivity index (χ0v) is 11.3. The fraction of sp³-hybridized carbons (Fsp3) is 0.615. The van der Waals surface area contributed by atoms with Crippen LogP contribution in [0, 0.1) is 5.92 Å². The molecule has 0 spiro atoms. The minimum Gasteiger partial charge on any atom is -0.397 e. The highest BCUT2D eigenvalue weighted by Crippen LogP contribution is 2.39. The van der Waals surface area contributed by atoms with Crippen molar-refractivity contribution in [1.82, 2.24) is 5.32 Å². The third kappa shape index (κ3) is 2.46. The molecule has 1 amide bonds. The Kier molecular flexibility index (Phi) is 2.93. The number of hydrogen-bond donors (Lipinski definition) is 3. The topological polar surface area (TPSA) is 67.1 Å². The minimum atomic E-state index is -0.0177. The Bertz CT molecular complexity index is 467. The van der Waals surface area contributed by atoms with Gasteiger partial charge in [-0.15, -0.1) is 11.3 Å². The van der Waals surface area contributed by atoms with Crippen LogP contribution in [0.1, 0.15) is 42.3 Å². The highest BCUT2D eigenvalue weighted by Gasteiger charge is 2.35. The van der Waals surface area contributed by atoms with Crippen molar-refractivity contribution in [2.45, 2.75) is 44.7 Å². The van der Waals surface area contributed by atoms with Crippen molar-refractivity contribution >= 4 is 27.9 Å². The molecule has 1 aromatic rings. The average molecular weight is 265 g/mol. The first-order valence-electron chi connectivity index (χ1n) is 6.64. The molecule has 2 unspecified atom stereocenters. The lowest BCUT2D eigenvalue weighted by molar-refractivity contribution is 0.0956. The molecule has 0 saturated heterocycles. The fourth-order valence-corrected chi connectivity index (χ4v) is 3.14. The largest absolute Gasteiger partial charge is 0.397 e. The first-order valence-corrected chi connectivity index (χ1v) is 7.45. The van der Waals surface area contributed by atoms with E-state index >= 15 is 0 Å². The molecular weight excluding hydrogens is 246 g/mol. The molecule has 2 fully saturated rings. The molecule has 0 bridgehead atoms. The van der Waals surface area contributed by atoms with E-state index < -0.39 is 0 Å². The second kappa shape index (κ2) is 4.46. The molecule has 0 radical (unpaired) electrons. The third-order valence-electron chi connectivity index (χ3n) is 3.65. The van der Waals surface area contributed by atoms with E-state index in [0.29, 0.717) is 22.6 Å². The number of carbonyl (C=O) groups excluding carboxylic acids is 1. The molecule has 4 N–H and O–H groups in total. The fourth-order valence-electron chi connectivity index (χ4n) is 2.19. The Balaban J connectivity index is 1.64. The van der Waals surface area contributed by atoms with Crippen LogP contribution in [0.5, 0.6) is 0 Å². The number of amides is 1. The molecule has 4 nitrogen and oxygen atoms in total. The van der Waals surface area contributed by atoms with Gasteiger partial charge >= 0.3 is 0 Å². The van der Waals surface area contributed by atoms with E-state index in [9.17, 15) is 4.79 Å². The van der Waals surface area contributed by atoms with Gasteiger partial charge in [-0.05, 0) is 31.2 Å². The number of nitrogens with two attached hydrogens (primary N) is 1. The Morgan fingerprint density at radius 2 is 2.33 bits per heavy atom. The lowest BCUT2D eigenvalue weighted by Gasteiger charge is -2.01. The van der Waals surface area contributed by atoms with Gasteiger partial charge in [0.05, 0.1) is 10.7 Å². The lowest BCUT2D eigenvalue weighted by Crippen LogP contribution is -2.25. The second-order valence-corrected chi connectivity index (χ2v) is 6.35. The summed E-state index contributed by atoms with van der Waals surface area (Å²) in [6, 6.07) is 2.84. The Labute approximate surface area is 111 Å². The van der Waals surface area contributed by atoms with Gasteiger partial charge in [0, 0.05) is 12.1 Å². The Morgan fingerprint density at radius 3 is 2.94 bits per heavy atom. The van der Waals surface area contributed by atoms with Gasteiger partial charge in [0.15, 0.2) is 0 Å². The van der Waals surface area contributed by atoms with Gasteiger partial charge in [-0.1, -0.05) is 13.3 Å².